The van der Waals surface area contributed by atoms with Crippen LogP contribution in [0.15, 0.2) is 93.3 Å². The van der Waals surface area contributed by atoms with Gasteiger partial charge in [-0.1, -0.05) is 35.9 Å². The van der Waals surface area contributed by atoms with Gasteiger partial charge in [0, 0.05) is 22.2 Å². The van der Waals surface area contributed by atoms with E-state index in [1.807, 2.05) is 18.2 Å². The third-order valence-corrected chi connectivity index (χ3v) is 9.33. The fraction of sp³-hybridized carbons (Fsp3) is 0.161. The Hall–Kier alpha value is -4.66. The van der Waals surface area contributed by atoms with Gasteiger partial charge < -0.3 is 14.2 Å². The molecule has 12 nitrogen and oxygen atoms in total. The van der Waals surface area contributed by atoms with Crippen molar-refractivity contribution in [3.63, 3.8) is 0 Å². The molecule has 0 radical (unpaired) electrons. The van der Waals surface area contributed by atoms with E-state index in [2.05, 4.69) is 26.5 Å². The number of halogens is 2. The summed E-state index contributed by atoms with van der Waals surface area (Å²) in [4.78, 5) is 23.5. The Labute approximate surface area is 278 Å². The van der Waals surface area contributed by atoms with Crippen LogP contribution in [-0.2, 0) is 21.4 Å². The average Bonchev–Trinajstić information content (AvgIpc) is 3.03. The van der Waals surface area contributed by atoms with Gasteiger partial charge in [0.1, 0.15) is 18.9 Å². The molecule has 0 saturated heterocycles. The van der Waals surface area contributed by atoms with E-state index in [-0.39, 0.29) is 28.4 Å². The van der Waals surface area contributed by atoms with Gasteiger partial charge in [-0.3, -0.25) is 19.2 Å². The summed E-state index contributed by atoms with van der Waals surface area (Å²) in [6, 6.07) is 20.1. The maximum atomic E-state index is 13.7. The van der Waals surface area contributed by atoms with Crippen LogP contribution in [0.3, 0.4) is 0 Å². The number of nitrogens with one attached hydrogen (secondary N) is 1. The number of hydrogen-bond donors (Lipinski definition) is 1. The molecule has 0 atom stereocenters. The van der Waals surface area contributed by atoms with E-state index in [0.717, 1.165) is 15.9 Å². The highest BCUT2D eigenvalue weighted by molar-refractivity contribution is 9.10. The van der Waals surface area contributed by atoms with Crippen LogP contribution in [0.1, 0.15) is 16.7 Å². The molecule has 4 rings (SSSR count). The van der Waals surface area contributed by atoms with Crippen LogP contribution in [0.4, 0.5) is 11.4 Å². The number of ether oxygens (including phenoxy) is 3. The molecule has 240 valence electrons. The zero-order valence-electron chi connectivity index (χ0n) is 24.8. The molecule has 1 amide bonds. The van der Waals surface area contributed by atoms with Crippen molar-refractivity contribution in [2.45, 2.75) is 18.4 Å². The van der Waals surface area contributed by atoms with Crippen molar-refractivity contribution in [3.05, 3.63) is 115 Å². The third kappa shape index (κ3) is 8.13. The molecule has 0 aliphatic carbocycles. The number of amides is 1. The smallest absolute Gasteiger partial charge is 0.273 e. The van der Waals surface area contributed by atoms with E-state index >= 15 is 0 Å². The number of sulfonamides is 1. The van der Waals surface area contributed by atoms with Crippen LogP contribution in [0.5, 0.6) is 17.2 Å². The van der Waals surface area contributed by atoms with E-state index in [1.165, 1.54) is 63.8 Å². The van der Waals surface area contributed by atoms with Crippen molar-refractivity contribution in [1.29, 1.82) is 0 Å². The lowest BCUT2D eigenvalue weighted by molar-refractivity contribution is -0.385. The first kappa shape index (κ1) is 34.2. The van der Waals surface area contributed by atoms with Gasteiger partial charge in [-0.05, 0) is 76.9 Å². The number of anilines is 1. The van der Waals surface area contributed by atoms with E-state index in [0.29, 0.717) is 32.3 Å². The molecule has 15 heteroatoms. The highest BCUT2D eigenvalue weighted by Gasteiger charge is 2.29. The average molecular weight is 732 g/mol. The monoisotopic (exact) mass is 730 g/mol. The van der Waals surface area contributed by atoms with E-state index in [1.54, 1.807) is 18.2 Å². The van der Waals surface area contributed by atoms with Crippen molar-refractivity contribution >= 4 is 61.1 Å². The molecule has 4 aromatic carbocycles. The molecule has 0 heterocycles. The maximum Gasteiger partial charge on any atom is 0.273 e. The van der Waals surface area contributed by atoms with Crippen LogP contribution in [0.2, 0.25) is 5.02 Å². The quantitative estimate of drug-likeness (QED) is 0.0962. The highest BCUT2D eigenvalue weighted by atomic mass is 79.9. The second kappa shape index (κ2) is 15.1. The Kier molecular flexibility index (Phi) is 11.2. The highest BCUT2D eigenvalue weighted by Crippen LogP contribution is 2.37. The summed E-state index contributed by atoms with van der Waals surface area (Å²) in [5, 5.41) is 16.0. The molecule has 0 unspecified atom stereocenters. The normalized spacial score (nSPS) is 11.2. The minimum atomic E-state index is -4.44. The first-order valence-corrected chi connectivity index (χ1v) is 16.0. The Balaban J connectivity index is 1.54. The number of nitro groups is 1. The number of carbonyl (C=O) groups is 1. The van der Waals surface area contributed by atoms with Gasteiger partial charge >= 0.3 is 0 Å². The molecule has 0 aromatic heterocycles. The van der Waals surface area contributed by atoms with Gasteiger partial charge in [-0.15, -0.1) is 0 Å². The number of nitrogens with zero attached hydrogens (tertiary/aromatic N) is 3. The Morgan fingerprint density at radius 2 is 1.78 bits per heavy atom. The van der Waals surface area contributed by atoms with E-state index < -0.39 is 27.4 Å². The maximum absolute atomic E-state index is 13.7. The Morgan fingerprint density at radius 1 is 1.07 bits per heavy atom. The van der Waals surface area contributed by atoms with Crippen molar-refractivity contribution in [2.75, 3.05) is 25.1 Å². The molecule has 46 heavy (non-hydrogen) atoms. The third-order valence-electron chi connectivity index (χ3n) is 6.60. The van der Waals surface area contributed by atoms with E-state index in [4.69, 9.17) is 25.8 Å². The first-order valence-electron chi connectivity index (χ1n) is 13.4. The number of methoxy groups -OCH3 is 2. The molecular weight excluding hydrogens is 704 g/mol. The lowest BCUT2D eigenvalue weighted by atomic mass is 10.2. The SMILES string of the molecule is COc1ccc(N(CC(=O)N/N=C/c2cc(Br)c(OCc3ccccc3Cl)c(OC)c2)S(=O)(=O)c2ccc(C)c([N+](=O)[O-])c2)cc1. The fourth-order valence-corrected chi connectivity index (χ4v) is 6.41. The number of hydrogen-bond acceptors (Lipinski definition) is 9. The molecule has 0 spiro atoms. The number of rotatable bonds is 13. The minimum Gasteiger partial charge on any atom is -0.497 e. The number of nitro benzene ring substituents is 1. The van der Waals surface area contributed by atoms with Gasteiger partial charge in [0.05, 0.1) is 40.4 Å². The van der Waals surface area contributed by atoms with Gasteiger partial charge in [-0.2, -0.15) is 5.10 Å². The van der Waals surface area contributed by atoms with Crippen molar-refractivity contribution < 1.29 is 32.3 Å². The summed E-state index contributed by atoms with van der Waals surface area (Å²) in [5.41, 5.74) is 3.70. The van der Waals surface area contributed by atoms with Crippen molar-refractivity contribution in [3.8, 4) is 17.2 Å². The van der Waals surface area contributed by atoms with Crippen LogP contribution in [0.25, 0.3) is 0 Å². The van der Waals surface area contributed by atoms with Gasteiger partial charge in [0.2, 0.25) is 0 Å². The van der Waals surface area contributed by atoms with Crippen molar-refractivity contribution in [1.82, 2.24) is 5.43 Å². The number of hydrazone groups is 1. The summed E-state index contributed by atoms with van der Waals surface area (Å²) in [6.45, 7) is 1.01. The van der Waals surface area contributed by atoms with Crippen LogP contribution < -0.4 is 23.9 Å². The van der Waals surface area contributed by atoms with Crippen molar-refractivity contribution in [2.24, 2.45) is 5.10 Å². The largest absolute Gasteiger partial charge is 0.497 e. The standard InChI is InChI=1S/C31H28BrClN4O8S/c1-20-8-13-25(16-28(20)37(39)40)46(41,42)36(23-9-11-24(43-2)12-10-23)18-30(38)35-34-17-21-14-26(32)31(29(15-21)44-3)45-19-22-6-4-5-7-27(22)33/h4-17H,18-19H2,1-3H3,(H,35,38)/b34-17+. The molecule has 0 aliphatic rings. The van der Waals surface area contributed by atoms with Crippen LogP contribution in [-0.4, -0.2) is 46.2 Å². The molecule has 0 fully saturated rings. The summed E-state index contributed by atoms with van der Waals surface area (Å²) in [6.07, 6.45) is 1.35. The predicted octanol–water partition coefficient (Wildman–Crippen LogP) is 6.26. The van der Waals surface area contributed by atoms with Gasteiger partial charge in [0.25, 0.3) is 21.6 Å². The van der Waals surface area contributed by atoms with E-state index in [9.17, 15) is 23.3 Å². The molecule has 0 bridgehead atoms. The second-order valence-corrected chi connectivity index (χ2v) is 12.7. The summed E-state index contributed by atoms with van der Waals surface area (Å²) < 4.78 is 45.4. The predicted molar refractivity (Wildman–Crippen MR) is 178 cm³/mol. The molecule has 0 saturated carbocycles. The summed E-state index contributed by atoms with van der Waals surface area (Å²) >= 11 is 9.70. The second-order valence-electron chi connectivity index (χ2n) is 9.62. The minimum absolute atomic E-state index is 0.129. The molecule has 1 N–H and O–H groups in total. The Bertz CT molecular complexity index is 1890. The molecule has 4 aromatic rings. The zero-order chi connectivity index (χ0) is 33.4. The Morgan fingerprint density at radius 3 is 2.43 bits per heavy atom. The number of benzene rings is 4. The molecule has 0 aliphatic heterocycles. The zero-order valence-corrected chi connectivity index (χ0v) is 27.9. The summed E-state index contributed by atoms with van der Waals surface area (Å²) in [7, 11) is -1.51. The first-order chi connectivity index (χ1) is 21.9. The number of carbonyl (C=O) groups excluding carboxylic acids is 1. The topological polar surface area (TPSA) is 150 Å². The van der Waals surface area contributed by atoms with Gasteiger partial charge in [-0.25, -0.2) is 13.8 Å². The lowest BCUT2D eigenvalue weighted by Crippen LogP contribution is -2.39. The number of aryl methyl sites for hydroxylation is 1. The van der Waals surface area contributed by atoms with Crippen LogP contribution >= 0.6 is 27.5 Å². The molecular formula is C31H28BrClN4O8S. The summed E-state index contributed by atoms with van der Waals surface area (Å²) in [5.74, 6) is 0.504. The van der Waals surface area contributed by atoms with Crippen LogP contribution in [0, 0.1) is 17.0 Å². The van der Waals surface area contributed by atoms with Gasteiger partial charge in [0.15, 0.2) is 11.5 Å². The lowest BCUT2D eigenvalue weighted by Gasteiger charge is -2.24. The fourth-order valence-electron chi connectivity index (χ4n) is 4.20.